The molecule has 16 heavy (non-hydrogen) atoms. The minimum absolute atomic E-state index is 0.112. The molecule has 0 radical (unpaired) electrons. The van der Waals surface area contributed by atoms with Crippen molar-refractivity contribution in [3.05, 3.63) is 0 Å². The lowest BCUT2D eigenvalue weighted by Crippen LogP contribution is -2.46. The molecule has 4 nitrogen and oxygen atoms in total. The smallest absolute Gasteiger partial charge is 0.224 e. The number of nitrogens with one attached hydrogen (secondary N) is 1. The molecular weight excluding hydrogens is 224 g/mol. The van der Waals surface area contributed by atoms with E-state index in [2.05, 4.69) is 5.32 Å². The van der Waals surface area contributed by atoms with Gasteiger partial charge >= 0.3 is 0 Å². The zero-order chi connectivity index (χ0) is 11.5. The Labute approximate surface area is 100 Å². The molecule has 2 aliphatic rings. The molecule has 2 unspecified atom stereocenters. The summed E-state index contributed by atoms with van der Waals surface area (Å²) in [4.78, 5) is 24.8. The summed E-state index contributed by atoms with van der Waals surface area (Å²) in [5.41, 5.74) is 0. The molecular formula is C11H18N2O2S. The number of nitrogens with zero attached hydrogens (tertiary/aromatic N) is 1. The Balaban J connectivity index is 1.90. The van der Waals surface area contributed by atoms with Crippen LogP contribution >= 0.6 is 11.8 Å². The van der Waals surface area contributed by atoms with Crippen molar-refractivity contribution >= 4 is 22.8 Å². The van der Waals surface area contributed by atoms with Crippen LogP contribution in [0.2, 0.25) is 0 Å². The molecule has 2 rings (SSSR count). The fraction of sp³-hybridized carbons (Fsp3) is 0.818. The first-order chi connectivity index (χ1) is 7.66. The van der Waals surface area contributed by atoms with Crippen molar-refractivity contribution in [1.82, 2.24) is 10.2 Å². The fourth-order valence-corrected chi connectivity index (χ4v) is 3.39. The van der Waals surface area contributed by atoms with Crippen LogP contribution in [0.15, 0.2) is 0 Å². The number of piperidine rings is 1. The van der Waals surface area contributed by atoms with Crippen LogP contribution in [0.5, 0.6) is 0 Å². The molecule has 2 aliphatic heterocycles. The Morgan fingerprint density at radius 2 is 2.38 bits per heavy atom. The van der Waals surface area contributed by atoms with Gasteiger partial charge in [0.2, 0.25) is 5.91 Å². The normalized spacial score (nSPS) is 30.8. The molecule has 2 fully saturated rings. The van der Waals surface area contributed by atoms with Gasteiger partial charge in [0, 0.05) is 37.7 Å². The van der Waals surface area contributed by atoms with E-state index in [1.165, 1.54) is 11.8 Å². The van der Waals surface area contributed by atoms with Crippen LogP contribution in [0.3, 0.4) is 0 Å². The Hall–Kier alpha value is -0.550. The van der Waals surface area contributed by atoms with E-state index in [4.69, 9.17) is 0 Å². The molecule has 2 saturated heterocycles. The van der Waals surface area contributed by atoms with Gasteiger partial charge in [-0.05, 0) is 19.4 Å². The first kappa shape index (κ1) is 11.9. The lowest BCUT2D eigenvalue weighted by atomic mass is 10.1. The van der Waals surface area contributed by atoms with E-state index in [1.54, 1.807) is 6.92 Å². The third kappa shape index (κ3) is 2.77. The number of amides is 1. The number of hydrogen-bond donors (Lipinski definition) is 1. The second-order valence-corrected chi connectivity index (χ2v) is 5.96. The number of rotatable bonds is 2. The van der Waals surface area contributed by atoms with E-state index >= 15 is 0 Å². The van der Waals surface area contributed by atoms with Crippen molar-refractivity contribution in [2.75, 3.05) is 19.6 Å². The maximum atomic E-state index is 11.8. The lowest BCUT2D eigenvalue weighted by Gasteiger charge is -2.31. The summed E-state index contributed by atoms with van der Waals surface area (Å²) < 4.78 is 0. The number of carbonyl (C=O) groups is 2. The van der Waals surface area contributed by atoms with Gasteiger partial charge in [-0.1, -0.05) is 11.8 Å². The molecule has 0 spiro atoms. The summed E-state index contributed by atoms with van der Waals surface area (Å²) in [5, 5.41) is 3.61. The molecule has 0 aromatic carbocycles. The third-order valence-electron chi connectivity index (χ3n) is 3.17. The number of carbonyl (C=O) groups excluding carboxylic acids is 2. The van der Waals surface area contributed by atoms with Crippen LogP contribution in [-0.4, -0.2) is 46.8 Å². The maximum absolute atomic E-state index is 11.8. The van der Waals surface area contributed by atoms with Crippen LogP contribution in [0, 0.1) is 0 Å². The molecule has 0 saturated carbocycles. The van der Waals surface area contributed by atoms with Crippen molar-refractivity contribution in [2.24, 2.45) is 0 Å². The lowest BCUT2D eigenvalue weighted by molar-refractivity contribution is -0.129. The van der Waals surface area contributed by atoms with Crippen LogP contribution in [0.1, 0.15) is 26.2 Å². The van der Waals surface area contributed by atoms with Crippen molar-refractivity contribution in [1.29, 1.82) is 0 Å². The Morgan fingerprint density at radius 1 is 1.56 bits per heavy atom. The zero-order valence-electron chi connectivity index (χ0n) is 9.57. The zero-order valence-corrected chi connectivity index (χ0v) is 10.4. The van der Waals surface area contributed by atoms with Crippen molar-refractivity contribution in [3.8, 4) is 0 Å². The summed E-state index contributed by atoms with van der Waals surface area (Å²) >= 11 is 1.31. The SMILES string of the molecule is CC(=O)SC1CC(=O)N(C2CCCNC2)C1. The van der Waals surface area contributed by atoms with Gasteiger partial charge in [0.05, 0.1) is 0 Å². The Bertz CT molecular complexity index is 290. The molecule has 0 aliphatic carbocycles. The van der Waals surface area contributed by atoms with Gasteiger partial charge in [-0.15, -0.1) is 0 Å². The third-order valence-corrected chi connectivity index (χ3v) is 4.15. The monoisotopic (exact) mass is 242 g/mol. The molecule has 1 N–H and O–H groups in total. The molecule has 2 atom stereocenters. The number of thioether (sulfide) groups is 1. The number of hydrogen-bond acceptors (Lipinski definition) is 4. The predicted octanol–water partition coefficient (Wildman–Crippen LogP) is 0.619. The van der Waals surface area contributed by atoms with Gasteiger partial charge in [-0.2, -0.15) is 0 Å². The topological polar surface area (TPSA) is 49.4 Å². The highest BCUT2D eigenvalue weighted by Gasteiger charge is 2.35. The van der Waals surface area contributed by atoms with Crippen LogP contribution in [-0.2, 0) is 9.59 Å². The Morgan fingerprint density at radius 3 is 3.00 bits per heavy atom. The maximum Gasteiger partial charge on any atom is 0.224 e. The molecule has 5 heteroatoms. The van der Waals surface area contributed by atoms with E-state index in [0.29, 0.717) is 12.5 Å². The summed E-state index contributed by atoms with van der Waals surface area (Å²) in [6, 6.07) is 0.346. The molecule has 2 heterocycles. The largest absolute Gasteiger partial charge is 0.337 e. The molecule has 90 valence electrons. The second kappa shape index (κ2) is 5.19. The van der Waals surface area contributed by atoms with E-state index < -0.39 is 0 Å². The first-order valence-corrected chi connectivity index (χ1v) is 6.72. The van der Waals surface area contributed by atoms with Gasteiger partial charge < -0.3 is 10.2 Å². The van der Waals surface area contributed by atoms with Crippen LogP contribution in [0.4, 0.5) is 0 Å². The quantitative estimate of drug-likeness (QED) is 0.771. The molecule has 0 aromatic heterocycles. The highest BCUT2D eigenvalue weighted by Crippen LogP contribution is 2.27. The van der Waals surface area contributed by atoms with Gasteiger partial charge in [0.1, 0.15) is 0 Å². The first-order valence-electron chi connectivity index (χ1n) is 5.84. The second-order valence-electron chi connectivity index (χ2n) is 4.48. The minimum Gasteiger partial charge on any atom is -0.337 e. The fourth-order valence-electron chi connectivity index (χ4n) is 2.46. The highest BCUT2D eigenvalue weighted by molar-refractivity contribution is 8.14. The van der Waals surface area contributed by atoms with Gasteiger partial charge in [-0.25, -0.2) is 0 Å². The Kier molecular flexibility index (Phi) is 3.86. The average Bonchev–Trinajstić information content (AvgIpc) is 2.60. The van der Waals surface area contributed by atoms with Gasteiger partial charge in [0.25, 0.3) is 0 Å². The van der Waals surface area contributed by atoms with Crippen molar-refractivity contribution in [2.45, 2.75) is 37.5 Å². The predicted molar refractivity (Wildman–Crippen MR) is 64.3 cm³/mol. The minimum atomic E-state index is 0.112. The highest BCUT2D eigenvalue weighted by atomic mass is 32.2. The standard InChI is InChI=1S/C11H18N2O2S/c1-8(14)16-10-5-11(15)13(7-10)9-3-2-4-12-6-9/h9-10,12H,2-7H2,1H3. The molecule has 1 amide bonds. The summed E-state index contributed by atoms with van der Waals surface area (Å²) in [5.74, 6) is 0.215. The average molecular weight is 242 g/mol. The van der Waals surface area contributed by atoms with E-state index in [-0.39, 0.29) is 16.3 Å². The molecule has 0 bridgehead atoms. The van der Waals surface area contributed by atoms with E-state index in [1.807, 2.05) is 4.90 Å². The van der Waals surface area contributed by atoms with Gasteiger partial charge in [0.15, 0.2) is 5.12 Å². The van der Waals surface area contributed by atoms with E-state index in [9.17, 15) is 9.59 Å². The van der Waals surface area contributed by atoms with Crippen LogP contribution < -0.4 is 5.32 Å². The van der Waals surface area contributed by atoms with Crippen LogP contribution in [0.25, 0.3) is 0 Å². The summed E-state index contributed by atoms with van der Waals surface area (Å²) in [6.07, 6.45) is 2.76. The number of likely N-dealkylation sites (tertiary alicyclic amines) is 1. The molecule has 0 aromatic rings. The van der Waals surface area contributed by atoms with Crippen molar-refractivity contribution < 1.29 is 9.59 Å². The van der Waals surface area contributed by atoms with Crippen molar-refractivity contribution in [3.63, 3.8) is 0 Å². The summed E-state index contributed by atoms with van der Waals surface area (Å²) in [7, 11) is 0. The van der Waals surface area contributed by atoms with E-state index in [0.717, 1.165) is 32.5 Å². The summed E-state index contributed by atoms with van der Waals surface area (Å²) in [6.45, 7) is 4.28. The van der Waals surface area contributed by atoms with Gasteiger partial charge in [-0.3, -0.25) is 9.59 Å².